The molecular formula is C15H19NO. The quantitative estimate of drug-likeness (QED) is 0.788. The Morgan fingerprint density at radius 3 is 2.65 bits per heavy atom. The first-order valence-electron chi connectivity index (χ1n) is 6.66. The van der Waals surface area contributed by atoms with Gasteiger partial charge in [0.25, 0.3) is 0 Å². The van der Waals surface area contributed by atoms with Gasteiger partial charge in [0.05, 0.1) is 0 Å². The normalized spacial score (nSPS) is 32.7. The van der Waals surface area contributed by atoms with Crippen LogP contribution in [0.5, 0.6) is 0 Å². The maximum absolute atomic E-state index is 11.6. The smallest absolute Gasteiger partial charge is 0.220 e. The average Bonchev–Trinajstić information content (AvgIpc) is 2.73. The first-order valence-corrected chi connectivity index (χ1v) is 6.66. The Hall–Kier alpha value is -1.31. The van der Waals surface area contributed by atoms with E-state index in [0.29, 0.717) is 12.3 Å². The molecule has 0 unspecified atom stereocenters. The molecule has 1 saturated heterocycles. The highest BCUT2D eigenvalue weighted by Crippen LogP contribution is 2.45. The van der Waals surface area contributed by atoms with Crippen LogP contribution in [0.15, 0.2) is 30.3 Å². The highest BCUT2D eigenvalue weighted by molar-refractivity contribution is 5.79. The first-order chi connectivity index (χ1) is 8.30. The molecule has 1 amide bonds. The van der Waals surface area contributed by atoms with E-state index in [1.165, 1.54) is 24.8 Å². The van der Waals surface area contributed by atoms with Gasteiger partial charge in [0.15, 0.2) is 0 Å². The minimum absolute atomic E-state index is 0.0662. The molecule has 3 rings (SSSR count). The van der Waals surface area contributed by atoms with Crippen LogP contribution in [0, 0.1) is 0 Å². The third kappa shape index (κ3) is 1.86. The summed E-state index contributed by atoms with van der Waals surface area (Å²) in [6.07, 6.45) is 6.64. The molecule has 2 heteroatoms. The second-order valence-corrected chi connectivity index (χ2v) is 5.41. The SMILES string of the molecule is O=C1CC[C@@]2(CCCC[C@@H]2c2ccccc2)N1. The molecule has 1 aromatic carbocycles. The summed E-state index contributed by atoms with van der Waals surface area (Å²) in [5.41, 5.74) is 1.46. The zero-order valence-corrected chi connectivity index (χ0v) is 10.1. The van der Waals surface area contributed by atoms with Crippen LogP contribution in [-0.2, 0) is 4.79 Å². The lowest BCUT2D eigenvalue weighted by atomic mass is 9.69. The molecule has 0 aromatic heterocycles. The summed E-state index contributed by atoms with van der Waals surface area (Å²) in [6.45, 7) is 0. The number of carbonyl (C=O) groups is 1. The first kappa shape index (κ1) is 10.8. The minimum atomic E-state index is 0.0662. The van der Waals surface area contributed by atoms with Crippen molar-refractivity contribution in [3.05, 3.63) is 35.9 Å². The van der Waals surface area contributed by atoms with Crippen LogP contribution in [0.3, 0.4) is 0 Å². The fourth-order valence-corrected chi connectivity index (χ4v) is 3.60. The van der Waals surface area contributed by atoms with Gasteiger partial charge in [-0.15, -0.1) is 0 Å². The predicted molar refractivity (Wildman–Crippen MR) is 67.8 cm³/mol. The van der Waals surface area contributed by atoms with E-state index in [0.717, 1.165) is 12.8 Å². The van der Waals surface area contributed by atoms with Crippen molar-refractivity contribution in [3.63, 3.8) is 0 Å². The van der Waals surface area contributed by atoms with Crippen LogP contribution >= 0.6 is 0 Å². The third-order valence-electron chi connectivity index (χ3n) is 4.42. The van der Waals surface area contributed by atoms with E-state index in [1.807, 2.05) is 0 Å². The largest absolute Gasteiger partial charge is 0.350 e. The molecule has 2 nitrogen and oxygen atoms in total. The Morgan fingerprint density at radius 1 is 1.12 bits per heavy atom. The molecule has 1 aromatic rings. The molecule has 2 aliphatic rings. The van der Waals surface area contributed by atoms with Crippen LogP contribution in [0.25, 0.3) is 0 Å². The topological polar surface area (TPSA) is 29.1 Å². The lowest BCUT2D eigenvalue weighted by Crippen LogP contribution is -2.48. The van der Waals surface area contributed by atoms with Gasteiger partial charge in [0, 0.05) is 17.9 Å². The molecule has 0 radical (unpaired) electrons. The number of amides is 1. The van der Waals surface area contributed by atoms with Crippen molar-refractivity contribution < 1.29 is 4.79 Å². The van der Waals surface area contributed by atoms with E-state index in [1.54, 1.807) is 0 Å². The fourth-order valence-electron chi connectivity index (χ4n) is 3.60. The molecule has 1 aliphatic carbocycles. The molecular weight excluding hydrogens is 210 g/mol. The number of carbonyl (C=O) groups excluding carboxylic acids is 1. The molecule has 1 heterocycles. The number of nitrogens with one attached hydrogen (secondary N) is 1. The maximum atomic E-state index is 11.6. The van der Waals surface area contributed by atoms with Gasteiger partial charge < -0.3 is 5.32 Å². The average molecular weight is 229 g/mol. The highest BCUT2D eigenvalue weighted by Gasteiger charge is 2.45. The second-order valence-electron chi connectivity index (χ2n) is 5.41. The van der Waals surface area contributed by atoms with Gasteiger partial charge in [-0.1, -0.05) is 43.2 Å². The Labute approximate surface area is 102 Å². The van der Waals surface area contributed by atoms with Gasteiger partial charge in [-0.2, -0.15) is 0 Å². The third-order valence-corrected chi connectivity index (χ3v) is 4.42. The summed E-state index contributed by atoms with van der Waals surface area (Å²) in [4.78, 5) is 11.6. The molecule has 90 valence electrons. The Balaban J connectivity index is 1.93. The van der Waals surface area contributed by atoms with Crippen molar-refractivity contribution >= 4 is 5.91 Å². The van der Waals surface area contributed by atoms with Crippen molar-refractivity contribution in [2.45, 2.75) is 50.0 Å². The Kier molecular flexibility index (Phi) is 2.65. The standard InChI is InChI=1S/C15H19NO/c17-14-9-11-15(16-14)10-5-4-8-13(15)12-6-2-1-3-7-12/h1-3,6-7,13H,4-5,8-11H2,(H,16,17)/t13-,15-/m1/s1. The second kappa shape index (κ2) is 4.17. The van der Waals surface area contributed by atoms with Crippen molar-refractivity contribution in [3.8, 4) is 0 Å². The number of hydrogen-bond donors (Lipinski definition) is 1. The fraction of sp³-hybridized carbons (Fsp3) is 0.533. The molecule has 1 N–H and O–H groups in total. The van der Waals surface area contributed by atoms with E-state index in [9.17, 15) is 4.79 Å². The molecule has 17 heavy (non-hydrogen) atoms. The summed E-state index contributed by atoms with van der Waals surface area (Å²) in [5, 5.41) is 3.28. The summed E-state index contributed by atoms with van der Waals surface area (Å²) in [7, 11) is 0. The van der Waals surface area contributed by atoms with Gasteiger partial charge in [-0.05, 0) is 24.8 Å². The van der Waals surface area contributed by atoms with E-state index < -0.39 is 0 Å². The van der Waals surface area contributed by atoms with E-state index in [2.05, 4.69) is 35.6 Å². The lowest BCUT2D eigenvalue weighted by Gasteiger charge is -2.41. The maximum Gasteiger partial charge on any atom is 0.220 e. The number of benzene rings is 1. The van der Waals surface area contributed by atoms with Crippen molar-refractivity contribution in [2.24, 2.45) is 0 Å². The van der Waals surface area contributed by atoms with E-state index in [4.69, 9.17) is 0 Å². The van der Waals surface area contributed by atoms with Gasteiger partial charge in [-0.3, -0.25) is 4.79 Å². The molecule has 0 bridgehead atoms. The summed E-state index contributed by atoms with van der Waals surface area (Å²) in [6, 6.07) is 10.7. The molecule has 1 spiro atoms. The summed E-state index contributed by atoms with van der Waals surface area (Å²) in [5.74, 6) is 0.761. The van der Waals surface area contributed by atoms with E-state index >= 15 is 0 Å². The van der Waals surface area contributed by atoms with Crippen LogP contribution in [0.1, 0.15) is 50.0 Å². The van der Waals surface area contributed by atoms with Crippen molar-refractivity contribution in [1.82, 2.24) is 5.32 Å². The van der Waals surface area contributed by atoms with Gasteiger partial charge in [0.2, 0.25) is 5.91 Å². The molecule has 1 aliphatic heterocycles. The molecule has 1 saturated carbocycles. The predicted octanol–water partition coefficient (Wildman–Crippen LogP) is 2.99. The number of hydrogen-bond acceptors (Lipinski definition) is 1. The Morgan fingerprint density at radius 2 is 1.94 bits per heavy atom. The van der Waals surface area contributed by atoms with Crippen molar-refractivity contribution in [1.29, 1.82) is 0 Å². The molecule has 2 atom stereocenters. The van der Waals surface area contributed by atoms with Crippen LogP contribution in [-0.4, -0.2) is 11.4 Å². The minimum Gasteiger partial charge on any atom is -0.350 e. The zero-order chi connectivity index (χ0) is 11.7. The zero-order valence-electron chi connectivity index (χ0n) is 10.1. The van der Waals surface area contributed by atoms with Crippen LogP contribution in [0.2, 0.25) is 0 Å². The summed E-state index contributed by atoms with van der Waals surface area (Å²) >= 11 is 0. The monoisotopic (exact) mass is 229 g/mol. The van der Waals surface area contributed by atoms with Crippen LogP contribution < -0.4 is 5.32 Å². The van der Waals surface area contributed by atoms with Crippen LogP contribution in [0.4, 0.5) is 0 Å². The Bertz CT molecular complexity index is 414. The van der Waals surface area contributed by atoms with Gasteiger partial charge >= 0.3 is 0 Å². The highest BCUT2D eigenvalue weighted by atomic mass is 16.2. The van der Waals surface area contributed by atoms with E-state index in [-0.39, 0.29) is 11.4 Å². The lowest BCUT2D eigenvalue weighted by molar-refractivity contribution is -0.120. The number of rotatable bonds is 1. The van der Waals surface area contributed by atoms with Gasteiger partial charge in [-0.25, -0.2) is 0 Å². The van der Waals surface area contributed by atoms with Crippen molar-refractivity contribution in [2.75, 3.05) is 0 Å². The van der Waals surface area contributed by atoms with Gasteiger partial charge in [0.1, 0.15) is 0 Å². The summed E-state index contributed by atoms with van der Waals surface area (Å²) < 4.78 is 0. The molecule has 2 fully saturated rings.